The van der Waals surface area contributed by atoms with Gasteiger partial charge in [-0.3, -0.25) is 4.79 Å². The second-order valence-corrected chi connectivity index (χ2v) is 5.12. The summed E-state index contributed by atoms with van der Waals surface area (Å²) >= 11 is 0. The Hall–Kier alpha value is -1.58. The summed E-state index contributed by atoms with van der Waals surface area (Å²) < 4.78 is 19.3. The highest BCUT2D eigenvalue weighted by Crippen LogP contribution is 2.50. The van der Waals surface area contributed by atoms with Crippen molar-refractivity contribution >= 4 is 5.97 Å². The Morgan fingerprint density at radius 2 is 2.06 bits per heavy atom. The van der Waals surface area contributed by atoms with Crippen molar-refractivity contribution in [3.63, 3.8) is 0 Å². The molecular formula is C14H17FO3. The molecule has 0 aliphatic heterocycles. The molecule has 2 rings (SSSR count). The zero-order valence-electron chi connectivity index (χ0n) is 10.8. The first kappa shape index (κ1) is 12.9. The fourth-order valence-corrected chi connectivity index (χ4v) is 2.35. The maximum atomic E-state index is 14.1. The van der Waals surface area contributed by atoms with Gasteiger partial charge in [-0.2, -0.15) is 0 Å². The lowest BCUT2D eigenvalue weighted by Gasteiger charge is -2.17. The highest BCUT2D eigenvalue weighted by atomic mass is 19.1. The molecule has 1 N–H and O–H groups in total. The van der Waals surface area contributed by atoms with E-state index in [1.165, 1.54) is 13.2 Å². The molecule has 0 radical (unpaired) electrons. The van der Waals surface area contributed by atoms with Gasteiger partial charge in [-0.1, -0.05) is 13.8 Å². The van der Waals surface area contributed by atoms with E-state index in [4.69, 9.17) is 4.74 Å². The summed E-state index contributed by atoms with van der Waals surface area (Å²) in [4.78, 5) is 11.3. The van der Waals surface area contributed by atoms with E-state index in [2.05, 4.69) is 0 Å². The van der Waals surface area contributed by atoms with E-state index < -0.39 is 11.4 Å². The number of carboxylic acids is 1. The lowest BCUT2D eigenvalue weighted by Crippen LogP contribution is -2.20. The predicted molar refractivity (Wildman–Crippen MR) is 65.6 cm³/mol. The first-order valence-corrected chi connectivity index (χ1v) is 6.03. The van der Waals surface area contributed by atoms with E-state index in [-0.39, 0.29) is 11.7 Å². The molecule has 18 heavy (non-hydrogen) atoms. The molecule has 0 amide bonds. The molecule has 0 bridgehead atoms. The molecule has 1 aliphatic carbocycles. The van der Waals surface area contributed by atoms with Gasteiger partial charge in [-0.15, -0.1) is 0 Å². The van der Waals surface area contributed by atoms with Crippen molar-refractivity contribution in [3.05, 3.63) is 29.1 Å². The molecule has 1 aliphatic rings. The van der Waals surface area contributed by atoms with E-state index in [0.29, 0.717) is 29.7 Å². The summed E-state index contributed by atoms with van der Waals surface area (Å²) in [5.74, 6) is -0.838. The molecule has 1 fully saturated rings. The van der Waals surface area contributed by atoms with Crippen molar-refractivity contribution in [1.29, 1.82) is 0 Å². The number of aliphatic carboxylic acids is 1. The van der Waals surface area contributed by atoms with Crippen LogP contribution in [0.2, 0.25) is 0 Å². The maximum Gasteiger partial charge on any atom is 0.314 e. The molecule has 0 saturated heterocycles. The average molecular weight is 252 g/mol. The monoisotopic (exact) mass is 252 g/mol. The molecule has 98 valence electrons. The van der Waals surface area contributed by atoms with Crippen molar-refractivity contribution in [2.45, 2.75) is 38.0 Å². The lowest BCUT2D eigenvalue weighted by molar-refractivity contribution is -0.140. The van der Waals surface area contributed by atoms with Crippen molar-refractivity contribution in [2.24, 2.45) is 0 Å². The zero-order valence-corrected chi connectivity index (χ0v) is 10.8. The predicted octanol–water partition coefficient (Wildman–Crippen LogP) is 3.07. The molecule has 0 aromatic heterocycles. The van der Waals surface area contributed by atoms with Crippen LogP contribution in [0, 0.1) is 5.82 Å². The molecule has 1 aromatic carbocycles. The van der Waals surface area contributed by atoms with Gasteiger partial charge in [-0.05, 0) is 36.5 Å². The lowest BCUT2D eigenvalue weighted by atomic mass is 9.91. The highest BCUT2D eigenvalue weighted by Gasteiger charge is 2.52. The Morgan fingerprint density at radius 1 is 1.44 bits per heavy atom. The number of hydrogen-bond donors (Lipinski definition) is 1. The van der Waals surface area contributed by atoms with E-state index >= 15 is 0 Å². The van der Waals surface area contributed by atoms with E-state index in [1.54, 1.807) is 6.07 Å². The summed E-state index contributed by atoms with van der Waals surface area (Å²) in [5.41, 5.74) is 0.111. The number of rotatable bonds is 4. The third-order valence-corrected chi connectivity index (χ3v) is 3.60. The average Bonchev–Trinajstić information content (AvgIpc) is 3.08. The SMILES string of the molecule is COc1cc(C2(C(=O)O)CC2)cc(F)c1C(C)C. The van der Waals surface area contributed by atoms with Crippen LogP contribution in [0.5, 0.6) is 5.75 Å². The van der Waals surface area contributed by atoms with Gasteiger partial charge in [0.2, 0.25) is 0 Å². The summed E-state index contributed by atoms with van der Waals surface area (Å²) in [6.45, 7) is 3.76. The van der Waals surface area contributed by atoms with Crippen LogP contribution < -0.4 is 4.74 Å². The minimum Gasteiger partial charge on any atom is -0.496 e. The summed E-state index contributed by atoms with van der Waals surface area (Å²) in [5, 5.41) is 9.23. The molecule has 1 saturated carbocycles. The Morgan fingerprint density at radius 3 is 2.44 bits per heavy atom. The summed E-state index contributed by atoms with van der Waals surface area (Å²) in [7, 11) is 1.48. The first-order chi connectivity index (χ1) is 8.42. The quantitative estimate of drug-likeness (QED) is 0.895. The fraction of sp³-hybridized carbons (Fsp3) is 0.500. The minimum absolute atomic E-state index is 0.00557. The third-order valence-electron chi connectivity index (χ3n) is 3.60. The standard InChI is InChI=1S/C14H17FO3/c1-8(2)12-10(15)6-9(7-11(12)18-3)14(4-5-14)13(16)17/h6-8H,4-5H2,1-3H3,(H,16,17). The van der Waals surface area contributed by atoms with Crippen LogP contribution in [-0.4, -0.2) is 18.2 Å². The van der Waals surface area contributed by atoms with Crippen LogP contribution in [0.4, 0.5) is 4.39 Å². The normalized spacial score (nSPS) is 16.7. The fourth-order valence-electron chi connectivity index (χ4n) is 2.35. The number of carboxylic acid groups (broad SMARTS) is 1. The van der Waals surface area contributed by atoms with Gasteiger partial charge in [0.15, 0.2) is 0 Å². The van der Waals surface area contributed by atoms with Gasteiger partial charge >= 0.3 is 5.97 Å². The number of benzene rings is 1. The largest absolute Gasteiger partial charge is 0.496 e. The second-order valence-electron chi connectivity index (χ2n) is 5.12. The number of halogens is 1. The first-order valence-electron chi connectivity index (χ1n) is 6.03. The van der Waals surface area contributed by atoms with Gasteiger partial charge < -0.3 is 9.84 Å². The van der Waals surface area contributed by atoms with Gasteiger partial charge in [0.1, 0.15) is 11.6 Å². The van der Waals surface area contributed by atoms with Crippen LogP contribution in [0.3, 0.4) is 0 Å². The summed E-state index contributed by atoms with van der Waals surface area (Å²) in [6, 6.07) is 3.01. The summed E-state index contributed by atoms with van der Waals surface area (Å²) in [6.07, 6.45) is 1.12. The van der Waals surface area contributed by atoms with Crippen LogP contribution in [0.25, 0.3) is 0 Å². The topological polar surface area (TPSA) is 46.5 Å². The molecule has 0 spiro atoms. The maximum absolute atomic E-state index is 14.1. The second kappa shape index (κ2) is 4.26. The zero-order chi connectivity index (χ0) is 13.5. The molecule has 1 aromatic rings. The van der Waals surface area contributed by atoms with Crippen molar-refractivity contribution < 1.29 is 19.0 Å². The molecule has 3 nitrogen and oxygen atoms in total. The van der Waals surface area contributed by atoms with Crippen molar-refractivity contribution in [1.82, 2.24) is 0 Å². The molecule has 0 unspecified atom stereocenters. The minimum atomic E-state index is -0.899. The van der Waals surface area contributed by atoms with Gasteiger partial charge in [-0.25, -0.2) is 4.39 Å². The van der Waals surface area contributed by atoms with Gasteiger partial charge in [0.25, 0.3) is 0 Å². The van der Waals surface area contributed by atoms with Crippen molar-refractivity contribution in [2.75, 3.05) is 7.11 Å². The highest BCUT2D eigenvalue weighted by molar-refractivity contribution is 5.85. The molecule has 0 atom stereocenters. The van der Waals surface area contributed by atoms with Gasteiger partial charge in [0.05, 0.1) is 12.5 Å². The van der Waals surface area contributed by atoms with Gasteiger partial charge in [0, 0.05) is 5.56 Å². The number of methoxy groups -OCH3 is 1. The number of ether oxygens (including phenoxy) is 1. The molecule has 4 heteroatoms. The smallest absolute Gasteiger partial charge is 0.314 e. The Balaban J connectivity index is 2.54. The molecule has 0 heterocycles. The Bertz CT molecular complexity index is 490. The van der Waals surface area contributed by atoms with Crippen LogP contribution in [-0.2, 0) is 10.2 Å². The van der Waals surface area contributed by atoms with E-state index in [9.17, 15) is 14.3 Å². The third kappa shape index (κ3) is 1.85. The van der Waals surface area contributed by atoms with Crippen LogP contribution in [0.1, 0.15) is 43.7 Å². The Labute approximate surface area is 106 Å². The Kier molecular flexibility index (Phi) is 3.05. The van der Waals surface area contributed by atoms with Crippen molar-refractivity contribution in [3.8, 4) is 5.75 Å². The van der Waals surface area contributed by atoms with Crippen LogP contribution in [0.15, 0.2) is 12.1 Å². The number of hydrogen-bond acceptors (Lipinski definition) is 2. The molecular weight excluding hydrogens is 235 g/mol. The van der Waals surface area contributed by atoms with E-state index in [1.807, 2.05) is 13.8 Å². The van der Waals surface area contributed by atoms with Crippen LogP contribution >= 0.6 is 0 Å². The number of carbonyl (C=O) groups is 1. The van der Waals surface area contributed by atoms with E-state index in [0.717, 1.165) is 0 Å².